The van der Waals surface area contributed by atoms with E-state index in [1.54, 1.807) is 0 Å². The molecule has 0 spiro atoms. The molecule has 4 nitrogen and oxygen atoms in total. The molecule has 0 aromatic rings. The molecule has 10 heavy (non-hydrogen) atoms. The molecule has 0 saturated carbocycles. The van der Waals surface area contributed by atoms with Crippen LogP contribution in [0.25, 0.3) is 0 Å². The molecule has 4 heteroatoms. The van der Waals surface area contributed by atoms with Gasteiger partial charge in [0.2, 0.25) is 0 Å². The molecule has 0 amide bonds. The van der Waals surface area contributed by atoms with Gasteiger partial charge in [-0.15, -0.1) is 0 Å². The lowest BCUT2D eigenvalue weighted by atomic mass is 10.2. The third kappa shape index (κ3) is 4.29. The van der Waals surface area contributed by atoms with E-state index in [9.17, 15) is 4.79 Å². The van der Waals surface area contributed by atoms with E-state index >= 15 is 0 Å². The van der Waals surface area contributed by atoms with Crippen LogP contribution in [0.1, 0.15) is 13.3 Å². The van der Waals surface area contributed by atoms with Crippen molar-refractivity contribution in [3.63, 3.8) is 0 Å². The van der Waals surface area contributed by atoms with Crippen molar-refractivity contribution in [1.29, 1.82) is 0 Å². The Morgan fingerprint density at radius 3 is 2.70 bits per heavy atom. The molecule has 0 aliphatic heterocycles. The zero-order valence-electron chi connectivity index (χ0n) is 6.04. The highest BCUT2D eigenvalue weighted by molar-refractivity contribution is 5.67. The molecule has 0 aromatic carbocycles. The third-order valence-electron chi connectivity index (χ3n) is 1.07. The topological polar surface area (TPSA) is 72.5 Å². The molecule has 0 aliphatic carbocycles. The maximum Gasteiger partial charge on any atom is 0.306 e. The Morgan fingerprint density at radius 1 is 1.80 bits per heavy atom. The van der Waals surface area contributed by atoms with Gasteiger partial charge in [0.05, 0.1) is 12.5 Å². The minimum Gasteiger partial charge on any atom is -0.481 e. The highest BCUT2D eigenvalue weighted by Crippen LogP contribution is 1.95. The third-order valence-corrected chi connectivity index (χ3v) is 1.07. The molecule has 0 radical (unpaired) electrons. The molecular formula is C6H13NO3. The van der Waals surface area contributed by atoms with Gasteiger partial charge < -0.3 is 15.6 Å². The van der Waals surface area contributed by atoms with E-state index in [4.69, 9.17) is 15.6 Å². The van der Waals surface area contributed by atoms with Gasteiger partial charge in [-0.3, -0.25) is 4.79 Å². The highest BCUT2D eigenvalue weighted by Gasteiger charge is 2.09. The molecule has 0 heterocycles. The molecule has 0 saturated heterocycles. The molecule has 1 unspecified atom stereocenters. The predicted octanol–water partition coefficient (Wildman–Crippen LogP) is -0.175. The molecule has 60 valence electrons. The van der Waals surface area contributed by atoms with Crippen LogP contribution in [0.15, 0.2) is 0 Å². The maximum atomic E-state index is 10.1. The second kappa shape index (κ2) is 5.20. The molecule has 0 fully saturated rings. The summed E-state index contributed by atoms with van der Waals surface area (Å²) in [5, 5.41) is 8.31. The summed E-state index contributed by atoms with van der Waals surface area (Å²) in [4.78, 5) is 10.1. The second-order valence-electron chi connectivity index (χ2n) is 1.91. The van der Waals surface area contributed by atoms with Gasteiger partial charge in [-0.1, -0.05) is 0 Å². The first-order chi connectivity index (χ1) is 4.70. The molecular weight excluding hydrogens is 134 g/mol. The van der Waals surface area contributed by atoms with Crippen LogP contribution in [0.2, 0.25) is 0 Å². The lowest BCUT2D eigenvalue weighted by molar-refractivity contribution is -0.139. The molecule has 0 rings (SSSR count). The standard InChI is InChI=1S/C6H13NO3/c1-2-10-5(4-7)3-6(8)9/h5H,2-4,7H2,1H3,(H,8,9). The van der Waals surface area contributed by atoms with Crippen molar-refractivity contribution in [1.82, 2.24) is 0 Å². The first kappa shape index (κ1) is 9.39. The number of nitrogens with two attached hydrogens (primary N) is 1. The predicted molar refractivity (Wildman–Crippen MR) is 36.7 cm³/mol. The number of carbonyl (C=O) groups is 1. The minimum atomic E-state index is -0.871. The number of ether oxygens (including phenoxy) is 1. The summed E-state index contributed by atoms with van der Waals surface area (Å²) < 4.78 is 5.00. The van der Waals surface area contributed by atoms with Gasteiger partial charge >= 0.3 is 5.97 Å². The monoisotopic (exact) mass is 147 g/mol. The van der Waals surface area contributed by atoms with Crippen molar-refractivity contribution in [3.8, 4) is 0 Å². The summed E-state index contributed by atoms with van der Waals surface area (Å²) >= 11 is 0. The Hall–Kier alpha value is -0.610. The lowest BCUT2D eigenvalue weighted by Crippen LogP contribution is -2.26. The van der Waals surface area contributed by atoms with E-state index in [-0.39, 0.29) is 19.1 Å². The molecule has 0 aromatic heterocycles. The van der Waals surface area contributed by atoms with Crippen molar-refractivity contribution in [2.75, 3.05) is 13.2 Å². The van der Waals surface area contributed by atoms with Crippen molar-refractivity contribution in [2.45, 2.75) is 19.4 Å². The van der Waals surface area contributed by atoms with E-state index in [2.05, 4.69) is 0 Å². The van der Waals surface area contributed by atoms with Gasteiger partial charge in [-0.25, -0.2) is 0 Å². The fourth-order valence-corrected chi connectivity index (χ4v) is 0.641. The van der Waals surface area contributed by atoms with E-state index in [1.807, 2.05) is 6.92 Å². The summed E-state index contributed by atoms with van der Waals surface area (Å²) in [6.07, 6.45) is -0.341. The number of hydrogen-bond donors (Lipinski definition) is 2. The molecule has 0 bridgehead atoms. The average Bonchev–Trinajstić information content (AvgIpc) is 1.86. The van der Waals surface area contributed by atoms with Crippen LogP contribution in [-0.4, -0.2) is 30.3 Å². The largest absolute Gasteiger partial charge is 0.481 e. The zero-order valence-corrected chi connectivity index (χ0v) is 6.04. The first-order valence-electron chi connectivity index (χ1n) is 3.24. The highest BCUT2D eigenvalue weighted by atomic mass is 16.5. The smallest absolute Gasteiger partial charge is 0.306 e. The maximum absolute atomic E-state index is 10.1. The van der Waals surface area contributed by atoms with Gasteiger partial charge in [0.25, 0.3) is 0 Å². The lowest BCUT2D eigenvalue weighted by Gasteiger charge is -2.10. The van der Waals surface area contributed by atoms with Crippen molar-refractivity contribution in [2.24, 2.45) is 5.73 Å². The number of carboxylic acid groups (broad SMARTS) is 1. The summed E-state index contributed by atoms with van der Waals surface area (Å²) in [7, 11) is 0. The quantitative estimate of drug-likeness (QED) is 0.566. The van der Waals surface area contributed by atoms with Gasteiger partial charge in [-0.05, 0) is 6.92 Å². The van der Waals surface area contributed by atoms with Crippen LogP contribution < -0.4 is 5.73 Å². The van der Waals surface area contributed by atoms with Crippen LogP contribution in [0.3, 0.4) is 0 Å². The Balaban J connectivity index is 3.49. The fraction of sp³-hybridized carbons (Fsp3) is 0.833. The van der Waals surface area contributed by atoms with Crippen molar-refractivity contribution >= 4 is 5.97 Å². The zero-order chi connectivity index (χ0) is 7.98. The van der Waals surface area contributed by atoms with Crippen LogP contribution in [-0.2, 0) is 9.53 Å². The van der Waals surface area contributed by atoms with Crippen LogP contribution in [0.5, 0.6) is 0 Å². The fourth-order valence-electron chi connectivity index (χ4n) is 0.641. The number of aliphatic carboxylic acids is 1. The average molecular weight is 147 g/mol. The number of carboxylic acids is 1. The van der Waals surface area contributed by atoms with Gasteiger partial charge in [-0.2, -0.15) is 0 Å². The van der Waals surface area contributed by atoms with Gasteiger partial charge in [0, 0.05) is 13.2 Å². The van der Waals surface area contributed by atoms with E-state index < -0.39 is 5.97 Å². The number of rotatable bonds is 5. The van der Waals surface area contributed by atoms with E-state index in [1.165, 1.54) is 0 Å². The Bertz CT molecular complexity index is 105. The molecule has 3 N–H and O–H groups in total. The van der Waals surface area contributed by atoms with Crippen molar-refractivity contribution in [3.05, 3.63) is 0 Å². The van der Waals surface area contributed by atoms with Crippen LogP contribution >= 0.6 is 0 Å². The minimum absolute atomic E-state index is 0.00958. The Morgan fingerprint density at radius 2 is 2.40 bits per heavy atom. The van der Waals surface area contributed by atoms with Crippen LogP contribution in [0.4, 0.5) is 0 Å². The van der Waals surface area contributed by atoms with Crippen molar-refractivity contribution < 1.29 is 14.6 Å². The Kier molecular flexibility index (Phi) is 4.88. The summed E-state index contributed by atoms with van der Waals surface area (Å²) in [5.74, 6) is -0.871. The normalized spacial score (nSPS) is 13.0. The number of hydrogen-bond acceptors (Lipinski definition) is 3. The summed E-state index contributed by atoms with van der Waals surface area (Å²) in [6, 6.07) is 0. The van der Waals surface area contributed by atoms with E-state index in [0.29, 0.717) is 6.61 Å². The SMILES string of the molecule is CCOC(CN)CC(=O)O. The summed E-state index contributed by atoms with van der Waals surface area (Å²) in [5.41, 5.74) is 5.22. The van der Waals surface area contributed by atoms with Gasteiger partial charge in [0.15, 0.2) is 0 Å². The summed E-state index contributed by atoms with van der Waals surface area (Å²) in [6.45, 7) is 2.58. The molecule has 1 atom stereocenters. The van der Waals surface area contributed by atoms with Crippen LogP contribution in [0, 0.1) is 0 Å². The first-order valence-corrected chi connectivity index (χ1v) is 3.24. The van der Waals surface area contributed by atoms with E-state index in [0.717, 1.165) is 0 Å². The van der Waals surface area contributed by atoms with Gasteiger partial charge in [0.1, 0.15) is 0 Å². The molecule has 0 aliphatic rings. The Labute approximate surface area is 60.0 Å². The second-order valence-corrected chi connectivity index (χ2v) is 1.91.